The van der Waals surface area contributed by atoms with E-state index in [1.165, 1.54) is 0 Å². The lowest BCUT2D eigenvalue weighted by Crippen LogP contribution is -2.55. The van der Waals surface area contributed by atoms with Crippen LogP contribution in [0.5, 0.6) is 0 Å². The largest absolute Gasteiger partial charge is 0.480 e. The fourth-order valence-corrected chi connectivity index (χ4v) is 3.65. The second kappa shape index (κ2) is 7.39. The number of benzene rings is 1. The molecule has 0 saturated carbocycles. The number of aliphatic carboxylic acids is 1. The number of carbonyl (C=O) groups is 2. The fourth-order valence-electron chi connectivity index (χ4n) is 3.52. The molecule has 1 N–H and O–H groups in total. The molecule has 0 radical (unpaired) electrons. The maximum Gasteiger partial charge on any atom is 0.326 e. The van der Waals surface area contributed by atoms with Gasteiger partial charge in [0.2, 0.25) is 5.91 Å². The molecule has 0 aromatic heterocycles. The van der Waals surface area contributed by atoms with Crippen LogP contribution < -0.4 is 0 Å². The van der Waals surface area contributed by atoms with Gasteiger partial charge in [-0.2, -0.15) is 0 Å². The Morgan fingerprint density at radius 2 is 2.12 bits per heavy atom. The molecule has 1 aromatic carbocycles. The molecule has 2 unspecified atom stereocenters. The van der Waals surface area contributed by atoms with Gasteiger partial charge >= 0.3 is 5.97 Å². The normalized spacial score (nSPS) is 25.4. The molecule has 1 saturated heterocycles. The van der Waals surface area contributed by atoms with E-state index in [1.54, 1.807) is 30.0 Å². The van der Waals surface area contributed by atoms with Crippen LogP contribution >= 0.6 is 11.6 Å². The number of rotatable bonds is 6. The molecule has 0 bridgehead atoms. The number of piperidine rings is 1. The monoisotopic (exact) mass is 349 g/mol. The average molecular weight is 350 g/mol. The number of nitrogens with zero attached hydrogens (tertiary/aromatic N) is 1. The Morgan fingerprint density at radius 1 is 1.50 bits per heavy atom. The van der Waals surface area contributed by atoms with Crippen molar-refractivity contribution in [2.75, 3.05) is 0 Å². The van der Waals surface area contributed by atoms with Crippen molar-refractivity contribution in [3.63, 3.8) is 0 Å². The highest BCUT2D eigenvalue weighted by Gasteiger charge is 2.47. The zero-order chi connectivity index (χ0) is 17.9. The van der Waals surface area contributed by atoms with Crippen molar-refractivity contribution in [1.82, 2.24) is 4.90 Å². The summed E-state index contributed by atoms with van der Waals surface area (Å²) < 4.78 is 0. The third-order valence-corrected chi connectivity index (χ3v) is 5.17. The Balaban J connectivity index is 2.46. The Hall–Kier alpha value is -1.81. The van der Waals surface area contributed by atoms with E-state index in [0.717, 1.165) is 12.0 Å². The van der Waals surface area contributed by atoms with Crippen LogP contribution in [-0.2, 0) is 9.59 Å². The van der Waals surface area contributed by atoms with Gasteiger partial charge in [0, 0.05) is 5.02 Å². The quantitative estimate of drug-likeness (QED) is 0.772. The molecular weight excluding hydrogens is 326 g/mol. The molecule has 1 aliphatic rings. The maximum atomic E-state index is 13.2. The number of carboxylic acid groups (broad SMARTS) is 1. The van der Waals surface area contributed by atoms with E-state index in [-0.39, 0.29) is 11.9 Å². The molecule has 1 aromatic rings. The van der Waals surface area contributed by atoms with Crippen molar-refractivity contribution >= 4 is 23.5 Å². The zero-order valence-corrected chi connectivity index (χ0v) is 14.9. The summed E-state index contributed by atoms with van der Waals surface area (Å²) in [5.74, 6) is -1.07. The van der Waals surface area contributed by atoms with Crippen molar-refractivity contribution in [3.8, 4) is 0 Å². The second-order valence-corrected chi connectivity index (χ2v) is 7.07. The van der Waals surface area contributed by atoms with Crippen molar-refractivity contribution in [3.05, 3.63) is 47.5 Å². The first-order valence-electron chi connectivity index (χ1n) is 8.26. The van der Waals surface area contributed by atoms with Crippen molar-refractivity contribution < 1.29 is 14.7 Å². The summed E-state index contributed by atoms with van der Waals surface area (Å²) >= 11 is 5.96. The van der Waals surface area contributed by atoms with Crippen LogP contribution in [0.4, 0.5) is 0 Å². The lowest BCUT2D eigenvalue weighted by Gasteiger charge is -2.46. The van der Waals surface area contributed by atoms with Crippen LogP contribution in [0.3, 0.4) is 0 Å². The summed E-state index contributed by atoms with van der Waals surface area (Å²) in [6.45, 7) is 7.44. The average Bonchev–Trinajstić information content (AvgIpc) is 2.53. The van der Waals surface area contributed by atoms with Crippen molar-refractivity contribution in [1.29, 1.82) is 0 Å². The summed E-state index contributed by atoms with van der Waals surface area (Å²) in [6, 6.07) is 6.23. The summed E-state index contributed by atoms with van der Waals surface area (Å²) in [7, 11) is 0. The molecule has 1 amide bonds. The van der Waals surface area contributed by atoms with Gasteiger partial charge in [-0.15, -0.1) is 6.58 Å². The minimum absolute atomic E-state index is 0.108. The molecule has 0 aliphatic carbocycles. The van der Waals surface area contributed by atoms with Crippen LogP contribution in [-0.4, -0.2) is 27.9 Å². The number of hydrogen-bond donors (Lipinski definition) is 1. The van der Waals surface area contributed by atoms with Gasteiger partial charge in [0.25, 0.3) is 0 Å². The lowest BCUT2D eigenvalue weighted by molar-refractivity contribution is -0.162. The van der Waals surface area contributed by atoms with Crippen LogP contribution in [0.2, 0.25) is 5.02 Å². The van der Waals surface area contributed by atoms with E-state index < -0.39 is 17.4 Å². The Kier molecular flexibility index (Phi) is 5.70. The standard InChI is InChI=1S/C19H24ClNO3/c1-4-11-19(3)12-10-16(13-6-8-14(20)9-7-13)21(18(19)24)15(5-2)17(22)23/h4,6-9,15-16H,1,5,10-12H2,2-3H3,(H,22,23)/t15?,16?,19-/m0/s1. The maximum absolute atomic E-state index is 13.2. The number of likely N-dealkylation sites (tertiary alicyclic amines) is 1. The molecule has 1 aliphatic heterocycles. The van der Waals surface area contributed by atoms with Gasteiger partial charge in [-0.1, -0.05) is 43.7 Å². The van der Waals surface area contributed by atoms with Crippen LogP contribution in [0, 0.1) is 5.41 Å². The number of hydrogen-bond acceptors (Lipinski definition) is 2. The molecule has 2 rings (SSSR count). The van der Waals surface area contributed by atoms with Gasteiger partial charge in [-0.05, 0) is 43.4 Å². The molecule has 3 atom stereocenters. The first-order chi connectivity index (χ1) is 11.3. The Labute approximate surface area is 148 Å². The fraction of sp³-hybridized carbons (Fsp3) is 0.474. The van der Waals surface area contributed by atoms with Gasteiger partial charge in [0.15, 0.2) is 0 Å². The smallest absolute Gasteiger partial charge is 0.326 e. The zero-order valence-electron chi connectivity index (χ0n) is 14.2. The van der Waals surface area contributed by atoms with Gasteiger partial charge in [0.05, 0.1) is 11.5 Å². The number of allylic oxidation sites excluding steroid dienone is 1. The number of halogens is 1. The molecule has 1 fully saturated rings. The predicted octanol–water partition coefficient (Wildman–Crippen LogP) is 4.45. The van der Waals surface area contributed by atoms with E-state index in [1.807, 2.05) is 19.1 Å². The summed E-state index contributed by atoms with van der Waals surface area (Å²) in [5, 5.41) is 10.2. The van der Waals surface area contributed by atoms with E-state index in [4.69, 9.17) is 11.6 Å². The highest BCUT2D eigenvalue weighted by atomic mass is 35.5. The highest BCUT2D eigenvalue weighted by molar-refractivity contribution is 6.30. The van der Waals surface area contributed by atoms with Crippen LogP contribution in [0.15, 0.2) is 36.9 Å². The molecule has 5 heteroatoms. The minimum atomic E-state index is -0.965. The van der Waals surface area contributed by atoms with E-state index in [9.17, 15) is 14.7 Å². The second-order valence-electron chi connectivity index (χ2n) is 6.63. The van der Waals surface area contributed by atoms with Crippen LogP contribution in [0.1, 0.15) is 51.1 Å². The van der Waals surface area contributed by atoms with Crippen molar-refractivity contribution in [2.45, 2.75) is 51.6 Å². The third kappa shape index (κ3) is 3.48. The lowest BCUT2D eigenvalue weighted by atomic mass is 9.74. The van der Waals surface area contributed by atoms with E-state index in [0.29, 0.717) is 24.3 Å². The van der Waals surface area contributed by atoms with Gasteiger partial charge in [-0.3, -0.25) is 4.79 Å². The number of carboxylic acids is 1. The Morgan fingerprint density at radius 3 is 2.62 bits per heavy atom. The Bertz CT molecular complexity index is 628. The first-order valence-corrected chi connectivity index (χ1v) is 8.63. The summed E-state index contributed by atoms with van der Waals surface area (Å²) in [6.07, 6.45) is 4.08. The van der Waals surface area contributed by atoms with Gasteiger partial charge < -0.3 is 10.0 Å². The van der Waals surface area contributed by atoms with Gasteiger partial charge in [-0.25, -0.2) is 4.79 Å². The van der Waals surface area contributed by atoms with E-state index >= 15 is 0 Å². The van der Waals surface area contributed by atoms with Gasteiger partial charge in [0.1, 0.15) is 6.04 Å². The summed E-state index contributed by atoms with van der Waals surface area (Å²) in [5.41, 5.74) is 0.334. The SMILES string of the molecule is C=CC[C@@]1(C)CCC(c2ccc(Cl)cc2)N(C(CC)C(=O)O)C1=O. The molecule has 4 nitrogen and oxygen atoms in total. The molecule has 0 spiro atoms. The third-order valence-electron chi connectivity index (χ3n) is 4.91. The minimum Gasteiger partial charge on any atom is -0.480 e. The van der Waals surface area contributed by atoms with E-state index in [2.05, 4.69) is 6.58 Å². The molecular formula is C19H24ClNO3. The summed E-state index contributed by atoms with van der Waals surface area (Å²) in [4.78, 5) is 26.5. The highest BCUT2D eigenvalue weighted by Crippen LogP contribution is 2.44. The predicted molar refractivity (Wildman–Crippen MR) is 94.9 cm³/mol. The molecule has 1 heterocycles. The number of carbonyl (C=O) groups excluding carboxylic acids is 1. The first kappa shape index (κ1) is 18.5. The van der Waals surface area contributed by atoms with Crippen LogP contribution in [0.25, 0.3) is 0 Å². The number of amides is 1. The molecule has 130 valence electrons. The topological polar surface area (TPSA) is 57.6 Å². The van der Waals surface area contributed by atoms with Crippen molar-refractivity contribution in [2.24, 2.45) is 5.41 Å². The molecule has 24 heavy (non-hydrogen) atoms.